The molecule has 1 aromatic carbocycles. The SMILES string of the molecule is CC(C#N)Oc1ccc([N+](=O)[O-])cc1F. The summed E-state index contributed by atoms with van der Waals surface area (Å²) in [5, 5.41) is 18.7. The molecule has 15 heavy (non-hydrogen) atoms. The third-order valence-electron chi connectivity index (χ3n) is 1.61. The van der Waals surface area contributed by atoms with E-state index in [1.807, 2.05) is 0 Å². The molecule has 0 aromatic heterocycles. The number of nitro groups is 1. The second-order valence-corrected chi connectivity index (χ2v) is 2.76. The van der Waals surface area contributed by atoms with Crippen LogP contribution < -0.4 is 4.74 Å². The van der Waals surface area contributed by atoms with Crippen LogP contribution in [0.3, 0.4) is 0 Å². The first-order chi connectivity index (χ1) is 7.04. The minimum atomic E-state index is -0.855. The molecule has 1 rings (SSSR count). The lowest BCUT2D eigenvalue weighted by atomic mass is 10.3. The number of hydrogen-bond donors (Lipinski definition) is 0. The van der Waals surface area contributed by atoms with Crippen molar-refractivity contribution in [3.8, 4) is 11.8 Å². The molecule has 0 saturated heterocycles. The molecule has 0 aliphatic rings. The minimum absolute atomic E-state index is 0.172. The van der Waals surface area contributed by atoms with Crippen molar-refractivity contribution in [3.05, 3.63) is 34.1 Å². The molecule has 0 radical (unpaired) electrons. The van der Waals surface area contributed by atoms with Crippen LogP contribution in [0.5, 0.6) is 5.75 Å². The molecule has 5 nitrogen and oxygen atoms in total. The number of nitriles is 1. The van der Waals surface area contributed by atoms with E-state index < -0.39 is 16.8 Å². The van der Waals surface area contributed by atoms with Crippen LogP contribution in [0.4, 0.5) is 10.1 Å². The molecule has 0 amide bonds. The van der Waals surface area contributed by atoms with Crippen molar-refractivity contribution < 1.29 is 14.1 Å². The summed E-state index contributed by atoms with van der Waals surface area (Å²) in [6.45, 7) is 1.45. The Morgan fingerprint density at radius 2 is 2.33 bits per heavy atom. The molecule has 0 aliphatic heterocycles. The number of hydrogen-bond acceptors (Lipinski definition) is 4. The first-order valence-electron chi connectivity index (χ1n) is 4.05. The normalized spacial score (nSPS) is 11.5. The monoisotopic (exact) mass is 210 g/mol. The van der Waals surface area contributed by atoms with Crippen LogP contribution in [0.25, 0.3) is 0 Å². The molecular weight excluding hydrogens is 203 g/mol. The molecule has 0 spiro atoms. The molecule has 1 aromatic rings. The predicted octanol–water partition coefficient (Wildman–Crippen LogP) is 2.02. The highest BCUT2D eigenvalue weighted by molar-refractivity contribution is 5.37. The third kappa shape index (κ3) is 2.64. The smallest absolute Gasteiger partial charge is 0.272 e. The summed E-state index contributed by atoms with van der Waals surface area (Å²) in [6.07, 6.45) is -0.805. The van der Waals surface area contributed by atoms with Gasteiger partial charge in [0.2, 0.25) is 0 Å². The molecule has 0 heterocycles. The van der Waals surface area contributed by atoms with Crippen molar-refractivity contribution >= 4 is 5.69 Å². The molecule has 0 aliphatic carbocycles. The van der Waals surface area contributed by atoms with Crippen LogP contribution >= 0.6 is 0 Å². The summed E-state index contributed by atoms with van der Waals surface area (Å²) in [5.74, 6) is -1.03. The highest BCUT2D eigenvalue weighted by atomic mass is 19.1. The highest BCUT2D eigenvalue weighted by Gasteiger charge is 2.13. The number of halogens is 1. The quantitative estimate of drug-likeness (QED) is 0.564. The van der Waals surface area contributed by atoms with Gasteiger partial charge in [-0.2, -0.15) is 5.26 Å². The first-order valence-corrected chi connectivity index (χ1v) is 4.05. The van der Waals surface area contributed by atoms with E-state index in [0.29, 0.717) is 0 Å². The van der Waals surface area contributed by atoms with Gasteiger partial charge < -0.3 is 4.74 Å². The van der Waals surface area contributed by atoms with Crippen molar-refractivity contribution in [2.24, 2.45) is 0 Å². The fraction of sp³-hybridized carbons (Fsp3) is 0.222. The Bertz CT molecular complexity index is 428. The first kappa shape index (κ1) is 10.9. The summed E-state index contributed by atoms with van der Waals surface area (Å²) in [7, 11) is 0. The summed E-state index contributed by atoms with van der Waals surface area (Å²) in [4.78, 5) is 9.58. The number of non-ortho nitro benzene ring substituents is 1. The van der Waals surface area contributed by atoms with E-state index in [0.717, 1.165) is 18.2 Å². The van der Waals surface area contributed by atoms with Crippen molar-refractivity contribution in [2.75, 3.05) is 0 Å². The number of benzene rings is 1. The van der Waals surface area contributed by atoms with E-state index in [2.05, 4.69) is 0 Å². The maximum Gasteiger partial charge on any atom is 0.272 e. The lowest BCUT2D eigenvalue weighted by molar-refractivity contribution is -0.385. The van der Waals surface area contributed by atoms with E-state index in [1.54, 1.807) is 6.07 Å². The number of nitrogens with zero attached hydrogens (tertiary/aromatic N) is 2. The fourth-order valence-electron chi connectivity index (χ4n) is 0.916. The fourth-order valence-corrected chi connectivity index (χ4v) is 0.916. The maximum atomic E-state index is 13.2. The van der Waals surface area contributed by atoms with E-state index in [9.17, 15) is 14.5 Å². The van der Waals surface area contributed by atoms with Gasteiger partial charge >= 0.3 is 0 Å². The predicted molar refractivity (Wildman–Crippen MR) is 48.8 cm³/mol. The van der Waals surface area contributed by atoms with Gasteiger partial charge in [0.25, 0.3) is 5.69 Å². The lowest BCUT2D eigenvalue weighted by Gasteiger charge is -2.07. The molecule has 6 heteroatoms. The van der Waals surface area contributed by atoms with Gasteiger partial charge in [-0.05, 0) is 13.0 Å². The van der Waals surface area contributed by atoms with Gasteiger partial charge in [0.1, 0.15) is 6.07 Å². The van der Waals surface area contributed by atoms with Gasteiger partial charge in [-0.15, -0.1) is 0 Å². The summed E-state index contributed by atoms with van der Waals surface area (Å²) in [5.41, 5.74) is -0.357. The van der Waals surface area contributed by atoms with Crippen LogP contribution in [0, 0.1) is 27.3 Å². The maximum absolute atomic E-state index is 13.2. The average molecular weight is 210 g/mol. The molecule has 1 atom stereocenters. The van der Waals surface area contributed by atoms with E-state index in [1.165, 1.54) is 6.92 Å². The van der Waals surface area contributed by atoms with Crippen LogP contribution in [-0.4, -0.2) is 11.0 Å². The van der Waals surface area contributed by atoms with Crippen molar-refractivity contribution in [3.63, 3.8) is 0 Å². The Labute approximate surface area is 84.9 Å². The lowest BCUT2D eigenvalue weighted by Crippen LogP contribution is -2.09. The minimum Gasteiger partial charge on any atom is -0.473 e. The van der Waals surface area contributed by atoms with Gasteiger partial charge in [-0.25, -0.2) is 4.39 Å². The van der Waals surface area contributed by atoms with Crippen LogP contribution in [0.2, 0.25) is 0 Å². The highest BCUT2D eigenvalue weighted by Crippen LogP contribution is 2.23. The average Bonchev–Trinajstić information content (AvgIpc) is 2.20. The largest absolute Gasteiger partial charge is 0.473 e. The number of nitro benzene ring substituents is 1. The molecule has 0 saturated carbocycles. The van der Waals surface area contributed by atoms with E-state index in [4.69, 9.17) is 10.00 Å². The number of ether oxygens (including phenoxy) is 1. The standard InChI is InChI=1S/C9H7FN2O3/c1-6(5-11)15-9-3-2-7(12(13)14)4-8(9)10/h2-4,6H,1H3. The van der Waals surface area contributed by atoms with Gasteiger partial charge in [0.15, 0.2) is 17.7 Å². The van der Waals surface area contributed by atoms with Crippen LogP contribution in [0.15, 0.2) is 18.2 Å². The third-order valence-corrected chi connectivity index (χ3v) is 1.61. The molecule has 78 valence electrons. The zero-order valence-corrected chi connectivity index (χ0v) is 7.81. The Hall–Kier alpha value is -2.16. The van der Waals surface area contributed by atoms with Crippen LogP contribution in [0.1, 0.15) is 6.92 Å². The summed E-state index contributed by atoms with van der Waals surface area (Å²) in [6, 6.07) is 4.74. The van der Waals surface area contributed by atoms with Gasteiger partial charge in [0, 0.05) is 6.07 Å². The van der Waals surface area contributed by atoms with Gasteiger partial charge in [-0.3, -0.25) is 10.1 Å². The molecule has 0 fully saturated rings. The molecule has 0 N–H and O–H groups in total. The van der Waals surface area contributed by atoms with Crippen molar-refractivity contribution in [2.45, 2.75) is 13.0 Å². The van der Waals surface area contributed by atoms with Crippen molar-refractivity contribution in [1.82, 2.24) is 0 Å². The van der Waals surface area contributed by atoms with Crippen molar-refractivity contribution in [1.29, 1.82) is 5.26 Å². The summed E-state index contributed by atoms with van der Waals surface area (Å²) < 4.78 is 18.0. The van der Waals surface area contributed by atoms with E-state index >= 15 is 0 Å². The molecule has 1 unspecified atom stereocenters. The van der Waals surface area contributed by atoms with Crippen LogP contribution in [-0.2, 0) is 0 Å². The molecule has 0 bridgehead atoms. The zero-order valence-electron chi connectivity index (χ0n) is 7.81. The Balaban J connectivity index is 2.94. The summed E-state index contributed by atoms with van der Waals surface area (Å²) >= 11 is 0. The molecular formula is C9H7FN2O3. The second-order valence-electron chi connectivity index (χ2n) is 2.76. The second kappa shape index (κ2) is 4.37. The number of rotatable bonds is 3. The van der Waals surface area contributed by atoms with Gasteiger partial charge in [0.05, 0.1) is 11.0 Å². The topological polar surface area (TPSA) is 76.2 Å². The van der Waals surface area contributed by atoms with E-state index in [-0.39, 0.29) is 11.4 Å². The Kier molecular flexibility index (Phi) is 3.18. The Morgan fingerprint density at radius 1 is 1.67 bits per heavy atom. The Morgan fingerprint density at radius 3 is 2.80 bits per heavy atom. The van der Waals surface area contributed by atoms with Gasteiger partial charge in [-0.1, -0.05) is 0 Å². The zero-order chi connectivity index (χ0) is 11.4.